The molecular weight excluding hydrogens is 306 g/mol. The molecule has 0 bridgehead atoms. The lowest BCUT2D eigenvalue weighted by molar-refractivity contribution is 0.405. The van der Waals surface area contributed by atoms with Crippen molar-refractivity contribution in [3.63, 3.8) is 0 Å². The number of sulfone groups is 1. The van der Waals surface area contributed by atoms with Crippen molar-refractivity contribution < 1.29 is 8.42 Å². The van der Waals surface area contributed by atoms with Crippen LogP contribution >= 0.6 is 11.6 Å². The Bertz CT molecular complexity index is 557. The molecule has 0 radical (unpaired) electrons. The lowest BCUT2D eigenvalue weighted by atomic mass is 9.95. The minimum atomic E-state index is -3.19. The van der Waals surface area contributed by atoms with Gasteiger partial charge in [0.1, 0.15) is 0 Å². The van der Waals surface area contributed by atoms with Gasteiger partial charge in [-0.15, -0.1) is 11.6 Å². The van der Waals surface area contributed by atoms with E-state index < -0.39 is 9.84 Å². The van der Waals surface area contributed by atoms with Crippen LogP contribution in [-0.2, 0) is 9.84 Å². The average molecular weight is 330 g/mol. The third-order valence-electron chi connectivity index (χ3n) is 4.05. The summed E-state index contributed by atoms with van der Waals surface area (Å²) >= 11 is 5.86. The Hall–Kier alpha value is -0.740. The lowest BCUT2D eigenvalue weighted by Gasteiger charge is -2.35. The van der Waals surface area contributed by atoms with Crippen LogP contribution in [0.3, 0.4) is 0 Å². The number of hydrogen-bond acceptors (Lipinski definition) is 3. The predicted molar refractivity (Wildman–Crippen MR) is 89.1 cm³/mol. The van der Waals surface area contributed by atoms with Crippen molar-refractivity contribution in [3.8, 4) is 0 Å². The van der Waals surface area contributed by atoms with Crippen molar-refractivity contribution in [1.29, 1.82) is 0 Å². The van der Waals surface area contributed by atoms with Gasteiger partial charge in [0, 0.05) is 19.0 Å². The zero-order chi connectivity index (χ0) is 15.3. The summed E-state index contributed by atoms with van der Waals surface area (Å²) in [6.07, 6.45) is 3.93. The van der Waals surface area contributed by atoms with E-state index in [9.17, 15) is 8.42 Å². The van der Waals surface area contributed by atoms with E-state index in [0.717, 1.165) is 31.6 Å². The Morgan fingerprint density at radius 3 is 2.81 bits per heavy atom. The van der Waals surface area contributed by atoms with Gasteiger partial charge in [-0.05, 0) is 43.7 Å². The van der Waals surface area contributed by atoms with Gasteiger partial charge in [-0.1, -0.05) is 19.1 Å². The van der Waals surface area contributed by atoms with E-state index in [2.05, 4.69) is 4.90 Å². The monoisotopic (exact) mass is 329 g/mol. The quantitative estimate of drug-likeness (QED) is 0.746. The summed E-state index contributed by atoms with van der Waals surface area (Å²) in [5.41, 5.74) is 0.866. The van der Waals surface area contributed by atoms with E-state index in [4.69, 9.17) is 11.6 Å². The van der Waals surface area contributed by atoms with E-state index in [-0.39, 0.29) is 5.75 Å². The van der Waals surface area contributed by atoms with Crippen molar-refractivity contribution in [2.24, 2.45) is 5.92 Å². The van der Waals surface area contributed by atoms with Crippen LogP contribution in [0.15, 0.2) is 29.2 Å². The van der Waals surface area contributed by atoms with Gasteiger partial charge >= 0.3 is 0 Å². The summed E-state index contributed by atoms with van der Waals surface area (Å²) in [4.78, 5) is 2.71. The first-order valence-corrected chi connectivity index (χ1v) is 9.90. The summed E-state index contributed by atoms with van der Waals surface area (Å²) < 4.78 is 24.9. The van der Waals surface area contributed by atoms with Crippen molar-refractivity contribution in [2.75, 3.05) is 29.6 Å². The number of anilines is 1. The zero-order valence-electron chi connectivity index (χ0n) is 12.6. The van der Waals surface area contributed by atoms with Gasteiger partial charge in [-0.25, -0.2) is 8.42 Å². The third kappa shape index (κ3) is 4.13. The SMILES string of the molecule is CCCS(=O)(=O)c1ccccc1N1CCCC(CCCl)C1. The van der Waals surface area contributed by atoms with Crippen LogP contribution in [0.4, 0.5) is 5.69 Å². The van der Waals surface area contributed by atoms with Crippen molar-refractivity contribution in [2.45, 2.75) is 37.5 Å². The molecular formula is C16H24ClNO2S. The molecule has 0 N–H and O–H groups in total. The van der Waals surface area contributed by atoms with Crippen molar-refractivity contribution in [3.05, 3.63) is 24.3 Å². The number of para-hydroxylation sites is 1. The van der Waals surface area contributed by atoms with Crippen LogP contribution < -0.4 is 4.90 Å². The molecule has 0 saturated carbocycles. The fraction of sp³-hybridized carbons (Fsp3) is 0.625. The van der Waals surface area contributed by atoms with Gasteiger partial charge in [0.25, 0.3) is 0 Å². The molecule has 0 spiro atoms. The highest BCUT2D eigenvalue weighted by molar-refractivity contribution is 7.91. The highest BCUT2D eigenvalue weighted by Crippen LogP contribution is 2.31. The molecule has 1 aliphatic rings. The minimum absolute atomic E-state index is 0.211. The lowest BCUT2D eigenvalue weighted by Crippen LogP contribution is -2.36. The van der Waals surface area contributed by atoms with Gasteiger partial charge in [-0.3, -0.25) is 0 Å². The second-order valence-corrected chi connectivity index (χ2v) is 8.17. The normalized spacial score (nSPS) is 19.7. The first-order valence-electron chi connectivity index (χ1n) is 7.71. The molecule has 2 rings (SSSR count). The van der Waals surface area contributed by atoms with Crippen LogP contribution in [0.2, 0.25) is 0 Å². The molecule has 1 heterocycles. The van der Waals surface area contributed by atoms with Crippen LogP contribution in [-0.4, -0.2) is 33.1 Å². The highest BCUT2D eigenvalue weighted by atomic mass is 35.5. The van der Waals surface area contributed by atoms with Gasteiger partial charge < -0.3 is 4.90 Å². The third-order valence-corrected chi connectivity index (χ3v) is 6.23. The Labute approximate surface area is 133 Å². The number of rotatable bonds is 6. The van der Waals surface area contributed by atoms with Crippen LogP contribution in [0.25, 0.3) is 0 Å². The molecule has 5 heteroatoms. The zero-order valence-corrected chi connectivity index (χ0v) is 14.2. The maximum absolute atomic E-state index is 12.5. The molecule has 0 amide bonds. The van der Waals surface area contributed by atoms with Crippen LogP contribution in [0.1, 0.15) is 32.6 Å². The Morgan fingerprint density at radius 1 is 1.33 bits per heavy atom. The van der Waals surface area contributed by atoms with Gasteiger partial charge in [0.15, 0.2) is 9.84 Å². The summed E-state index contributed by atoms with van der Waals surface area (Å²) in [5.74, 6) is 1.45. The van der Waals surface area contributed by atoms with Crippen LogP contribution in [0, 0.1) is 5.92 Å². The largest absolute Gasteiger partial charge is 0.370 e. The summed E-state index contributed by atoms with van der Waals surface area (Å²) in [5, 5.41) is 0. The fourth-order valence-electron chi connectivity index (χ4n) is 3.03. The number of piperidine rings is 1. The molecule has 1 saturated heterocycles. The van der Waals surface area contributed by atoms with E-state index in [1.807, 2.05) is 25.1 Å². The molecule has 1 aromatic rings. The fourth-order valence-corrected chi connectivity index (χ4v) is 4.90. The van der Waals surface area contributed by atoms with E-state index >= 15 is 0 Å². The van der Waals surface area contributed by atoms with Gasteiger partial charge in [0.05, 0.1) is 16.3 Å². The Balaban J connectivity index is 2.27. The Morgan fingerprint density at radius 2 is 2.10 bits per heavy atom. The smallest absolute Gasteiger partial charge is 0.180 e. The Kier molecular flexibility index (Phi) is 5.94. The maximum atomic E-state index is 12.5. The summed E-state index contributed by atoms with van der Waals surface area (Å²) in [7, 11) is -3.19. The van der Waals surface area contributed by atoms with Gasteiger partial charge in [0.2, 0.25) is 0 Å². The predicted octanol–water partition coefficient (Wildman–Crippen LogP) is 3.72. The topological polar surface area (TPSA) is 37.4 Å². The van der Waals surface area contributed by atoms with E-state index in [1.54, 1.807) is 6.07 Å². The number of alkyl halides is 1. The summed E-state index contributed by atoms with van der Waals surface area (Å²) in [6, 6.07) is 7.41. The maximum Gasteiger partial charge on any atom is 0.180 e. The molecule has 0 aromatic heterocycles. The second-order valence-electron chi connectivity index (χ2n) is 5.72. The molecule has 1 aliphatic heterocycles. The first-order chi connectivity index (χ1) is 10.1. The molecule has 118 valence electrons. The molecule has 1 atom stereocenters. The average Bonchev–Trinajstić information content (AvgIpc) is 2.48. The van der Waals surface area contributed by atoms with Crippen molar-refractivity contribution >= 4 is 27.1 Å². The van der Waals surface area contributed by atoms with E-state index in [1.165, 1.54) is 6.42 Å². The molecule has 21 heavy (non-hydrogen) atoms. The summed E-state index contributed by atoms with van der Waals surface area (Å²) in [6.45, 7) is 3.74. The molecule has 1 aromatic carbocycles. The molecule has 1 fully saturated rings. The first kappa shape index (κ1) is 16.6. The molecule has 1 unspecified atom stereocenters. The number of hydrogen-bond donors (Lipinski definition) is 0. The number of benzene rings is 1. The highest BCUT2D eigenvalue weighted by Gasteiger charge is 2.25. The second kappa shape index (κ2) is 7.50. The molecule has 3 nitrogen and oxygen atoms in total. The van der Waals surface area contributed by atoms with E-state index in [0.29, 0.717) is 23.1 Å². The van der Waals surface area contributed by atoms with Crippen LogP contribution in [0.5, 0.6) is 0 Å². The van der Waals surface area contributed by atoms with Crippen molar-refractivity contribution in [1.82, 2.24) is 0 Å². The standard InChI is InChI=1S/C16H24ClNO2S/c1-2-12-21(19,20)16-8-4-3-7-15(16)18-11-5-6-14(13-18)9-10-17/h3-4,7-8,14H,2,5-6,9-13H2,1H3. The number of nitrogens with zero attached hydrogens (tertiary/aromatic N) is 1. The number of halogens is 1. The minimum Gasteiger partial charge on any atom is -0.370 e. The van der Waals surface area contributed by atoms with Gasteiger partial charge in [-0.2, -0.15) is 0 Å². The molecule has 0 aliphatic carbocycles.